The molecule has 2 aromatic rings. The van der Waals surface area contributed by atoms with Crippen LogP contribution in [-0.2, 0) is 5.41 Å². The Morgan fingerprint density at radius 3 is 2.88 bits per heavy atom. The molecule has 5 heteroatoms. The van der Waals surface area contributed by atoms with E-state index in [0.717, 1.165) is 24.3 Å². The number of thiophene rings is 1. The Labute approximate surface area is 104 Å². The number of rotatable bonds is 3. The highest BCUT2D eigenvalue weighted by Gasteiger charge is 2.39. The van der Waals surface area contributed by atoms with Crippen molar-refractivity contribution in [1.29, 1.82) is 0 Å². The third-order valence-corrected chi connectivity index (χ3v) is 4.29. The van der Waals surface area contributed by atoms with Crippen LogP contribution >= 0.6 is 11.3 Å². The lowest BCUT2D eigenvalue weighted by atomic mass is 9.86. The third-order valence-electron chi connectivity index (χ3n) is 3.61. The molecule has 0 amide bonds. The molecule has 1 saturated carbocycles. The van der Waals surface area contributed by atoms with Crippen molar-refractivity contribution in [3.8, 4) is 11.4 Å². The molecule has 0 bridgehead atoms. The zero-order chi connectivity index (χ0) is 11.7. The molecule has 3 rings (SSSR count). The van der Waals surface area contributed by atoms with Crippen LogP contribution in [0.5, 0.6) is 0 Å². The van der Waals surface area contributed by atoms with Crippen LogP contribution in [0.3, 0.4) is 0 Å². The van der Waals surface area contributed by atoms with E-state index in [9.17, 15) is 0 Å². The molecule has 90 valence electrons. The second-order valence-electron chi connectivity index (χ2n) is 4.63. The average molecular weight is 249 g/mol. The maximum absolute atomic E-state index is 5.90. The molecule has 17 heavy (non-hydrogen) atoms. The van der Waals surface area contributed by atoms with Crippen LogP contribution in [0.15, 0.2) is 21.3 Å². The van der Waals surface area contributed by atoms with Gasteiger partial charge in [0.05, 0.1) is 5.41 Å². The van der Waals surface area contributed by atoms with E-state index in [4.69, 9.17) is 10.3 Å². The molecular weight excluding hydrogens is 234 g/mol. The number of hydrogen-bond acceptors (Lipinski definition) is 5. The summed E-state index contributed by atoms with van der Waals surface area (Å²) < 4.78 is 5.43. The average Bonchev–Trinajstić information content (AvgIpc) is 3.10. The highest BCUT2D eigenvalue weighted by molar-refractivity contribution is 7.08. The number of nitrogens with zero attached hydrogens (tertiary/aromatic N) is 2. The summed E-state index contributed by atoms with van der Waals surface area (Å²) in [5, 5.41) is 8.10. The zero-order valence-electron chi connectivity index (χ0n) is 9.56. The van der Waals surface area contributed by atoms with Crippen molar-refractivity contribution in [1.82, 2.24) is 10.1 Å². The van der Waals surface area contributed by atoms with Gasteiger partial charge in [-0.25, -0.2) is 0 Å². The third kappa shape index (κ3) is 1.79. The SMILES string of the molecule is NCC1(c2nc(-c3ccsc3)no2)CCCC1. The van der Waals surface area contributed by atoms with Crippen LogP contribution in [0.2, 0.25) is 0 Å². The summed E-state index contributed by atoms with van der Waals surface area (Å²) in [6, 6.07) is 2.00. The standard InChI is InChI=1S/C12H15N3OS/c13-8-12(4-1-2-5-12)11-14-10(15-16-11)9-3-6-17-7-9/h3,6-7H,1-2,4-5,8,13H2. The maximum Gasteiger partial charge on any atom is 0.234 e. The molecule has 0 aliphatic heterocycles. The van der Waals surface area contributed by atoms with Crippen molar-refractivity contribution in [2.24, 2.45) is 5.73 Å². The molecule has 2 heterocycles. The van der Waals surface area contributed by atoms with Gasteiger partial charge in [0.1, 0.15) is 0 Å². The molecule has 2 N–H and O–H groups in total. The van der Waals surface area contributed by atoms with Crippen LogP contribution in [0.1, 0.15) is 31.6 Å². The van der Waals surface area contributed by atoms with Crippen LogP contribution in [0.4, 0.5) is 0 Å². The number of nitrogens with two attached hydrogens (primary N) is 1. The van der Waals surface area contributed by atoms with E-state index in [-0.39, 0.29) is 5.41 Å². The summed E-state index contributed by atoms with van der Waals surface area (Å²) in [5.74, 6) is 1.40. The molecule has 1 aliphatic carbocycles. The fourth-order valence-electron chi connectivity index (χ4n) is 2.50. The predicted octanol–water partition coefficient (Wildman–Crippen LogP) is 2.57. The van der Waals surface area contributed by atoms with Crippen molar-refractivity contribution in [3.63, 3.8) is 0 Å². The first kappa shape index (κ1) is 10.9. The van der Waals surface area contributed by atoms with E-state index in [2.05, 4.69) is 10.1 Å². The summed E-state index contributed by atoms with van der Waals surface area (Å²) in [6.45, 7) is 0.596. The largest absolute Gasteiger partial charge is 0.338 e. The van der Waals surface area contributed by atoms with Crippen molar-refractivity contribution in [2.75, 3.05) is 6.54 Å². The van der Waals surface area contributed by atoms with Crippen molar-refractivity contribution >= 4 is 11.3 Å². The Kier molecular flexibility index (Phi) is 2.72. The lowest BCUT2D eigenvalue weighted by Gasteiger charge is -2.21. The first-order chi connectivity index (χ1) is 8.34. The van der Waals surface area contributed by atoms with E-state index in [1.807, 2.05) is 16.8 Å². The first-order valence-corrected chi connectivity index (χ1v) is 6.85. The fraction of sp³-hybridized carbons (Fsp3) is 0.500. The van der Waals surface area contributed by atoms with Crippen molar-refractivity contribution in [2.45, 2.75) is 31.1 Å². The van der Waals surface area contributed by atoms with Crippen molar-refractivity contribution in [3.05, 3.63) is 22.7 Å². The Bertz CT molecular complexity index is 486. The van der Waals surface area contributed by atoms with Crippen LogP contribution < -0.4 is 5.73 Å². The Morgan fingerprint density at radius 1 is 1.41 bits per heavy atom. The highest BCUT2D eigenvalue weighted by atomic mass is 32.1. The Balaban J connectivity index is 1.94. The topological polar surface area (TPSA) is 64.9 Å². The van der Waals surface area contributed by atoms with Gasteiger partial charge >= 0.3 is 0 Å². The molecule has 0 atom stereocenters. The van der Waals surface area contributed by atoms with E-state index < -0.39 is 0 Å². The quantitative estimate of drug-likeness (QED) is 0.908. The molecule has 1 fully saturated rings. The molecule has 0 radical (unpaired) electrons. The Morgan fingerprint density at radius 2 is 2.24 bits per heavy atom. The predicted molar refractivity (Wildman–Crippen MR) is 66.8 cm³/mol. The summed E-state index contributed by atoms with van der Waals surface area (Å²) in [6.07, 6.45) is 4.53. The summed E-state index contributed by atoms with van der Waals surface area (Å²) >= 11 is 1.63. The van der Waals surface area contributed by atoms with E-state index >= 15 is 0 Å². The van der Waals surface area contributed by atoms with Crippen LogP contribution in [0, 0.1) is 0 Å². The highest BCUT2D eigenvalue weighted by Crippen LogP contribution is 2.39. The summed E-state index contributed by atoms with van der Waals surface area (Å²) in [4.78, 5) is 4.53. The minimum Gasteiger partial charge on any atom is -0.338 e. The molecule has 1 aliphatic rings. The van der Waals surface area contributed by atoms with E-state index in [0.29, 0.717) is 12.4 Å². The first-order valence-electron chi connectivity index (χ1n) is 5.91. The minimum absolute atomic E-state index is 0.0682. The van der Waals surface area contributed by atoms with Gasteiger partial charge in [0.2, 0.25) is 11.7 Å². The van der Waals surface area contributed by atoms with Gasteiger partial charge in [-0.15, -0.1) is 0 Å². The molecule has 4 nitrogen and oxygen atoms in total. The van der Waals surface area contributed by atoms with Crippen LogP contribution in [-0.4, -0.2) is 16.7 Å². The van der Waals surface area contributed by atoms with E-state index in [1.165, 1.54) is 12.8 Å². The van der Waals surface area contributed by atoms with Gasteiger partial charge in [0.15, 0.2) is 0 Å². The molecular formula is C12H15N3OS. The molecule has 0 saturated heterocycles. The normalized spacial score (nSPS) is 18.6. The second kappa shape index (κ2) is 4.23. The monoisotopic (exact) mass is 249 g/mol. The van der Waals surface area contributed by atoms with Gasteiger partial charge in [-0.2, -0.15) is 16.3 Å². The number of hydrogen-bond donors (Lipinski definition) is 1. The molecule has 0 aromatic carbocycles. The van der Waals surface area contributed by atoms with Gasteiger partial charge in [-0.3, -0.25) is 0 Å². The maximum atomic E-state index is 5.90. The van der Waals surface area contributed by atoms with Crippen molar-refractivity contribution < 1.29 is 4.52 Å². The van der Waals surface area contributed by atoms with Gasteiger partial charge in [-0.1, -0.05) is 18.0 Å². The minimum atomic E-state index is -0.0682. The van der Waals surface area contributed by atoms with Crippen LogP contribution in [0.25, 0.3) is 11.4 Å². The van der Waals surface area contributed by atoms with Gasteiger partial charge in [0, 0.05) is 17.5 Å². The summed E-state index contributed by atoms with van der Waals surface area (Å²) in [7, 11) is 0. The second-order valence-corrected chi connectivity index (χ2v) is 5.41. The molecule has 2 aromatic heterocycles. The Hall–Kier alpha value is -1.20. The fourth-order valence-corrected chi connectivity index (χ4v) is 3.14. The van der Waals surface area contributed by atoms with Gasteiger partial charge in [-0.05, 0) is 24.3 Å². The lowest BCUT2D eigenvalue weighted by molar-refractivity contribution is 0.284. The molecule has 0 spiro atoms. The van der Waals surface area contributed by atoms with Gasteiger partial charge < -0.3 is 10.3 Å². The summed E-state index contributed by atoms with van der Waals surface area (Å²) in [5.41, 5.74) is 6.86. The molecule has 0 unspecified atom stereocenters. The number of aromatic nitrogens is 2. The zero-order valence-corrected chi connectivity index (χ0v) is 10.4. The lowest BCUT2D eigenvalue weighted by Crippen LogP contribution is -2.32. The van der Waals surface area contributed by atoms with Gasteiger partial charge in [0.25, 0.3) is 0 Å². The van der Waals surface area contributed by atoms with E-state index in [1.54, 1.807) is 11.3 Å². The smallest absolute Gasteiger partial charge is 0.234 e.